The average Bonchev–Trinajstić information content (AvgIpc) is 2.86. The van der Waals surface area contributed by atoms with Crippen molar-refractivity contribution in [3.05, 3.63) is 17.5 Å². The molecule has 1 unspecified atom stereocenters. The molecule has 19 heavy (non-hydrogen) atoms. The van der Waals surface area contributed by atoms with Crippen molar-refractivity contribution in [3.8, 4) is 0 Å². The van der Waals surface area contributed by atoms with Gasteiger partial charge in [0, 0.05) is 31.7 Å². The molecule has 1 saturated heterocycles. The normalized spacial score (nSPS) is 21.2. The molecule has 1 fully saturated rings. The summed E-state index contributed by atoms with van der Waals surface area (Å²) in [6.45, 7) is 5.19. The van der Waals surface area contributed by atoms with Gasteiger partial charge >= 0.3 is 0 Å². The smallest absolute Gasteiger partial charge is 0.255 e. The third kappa shape index (κ3) is 2.26. The van der Waals surface area contributed by atoms with Crippen LogP contribution in [0.5, 0.6) is 0 Å². The number of piperazine rings is 1. The maximum Gasteiger partial charge on any atom is 0.255 e. The van der Waals surface area contributed by atoms with E-state index in [0.29, 0.717) is 17.0 Å². The number of likely N-dealkylation sites (N-methyl/N-ethyl adjacent to an activating group) is 1. The summed E-state index contributed by atoms with van der Waals surface area (Å²) < 4.78 is 1.75. The Bertz CT molecular complexity index is 583. The van der Waals surface area contributed by atoms with Crippen molar-refractivity contribution in [2.75, 3.05) is 31.6 Å². The van der Waals surface area contributed by atoms with E-state index in [1.165, 1.54) is 6.33 Å². The second-order valence-electron chi connectivity index (χ2n) is 4.90. The summed E-state index contributed by atoms with van der Waals surface area (Å²) in [6.07, 6.45) is 2.64. The zero-order valence-corrected chi connectivity index (χ0v) is 11.9. The zero-order chi connectivity index (χ0) is 13.4. The minimum Gasteiger partial charge on any atom is -0.354 e. The number of aromatic nitrogens is 4. The molecule has 3 rings (SSSR count). The first-order chi connectivity index (χ1) is 9.19. The molecule has 0 bridgehead atoms. The van der Waals surface area contributed by atoms with Crippen LogP contribution in [-0.2, 0) is 0 Å². The van der Waals surface area contributed by atoms with Gasteiger partial charge < -0.3 is 4.90 Å². The van der Waals surface area contributed by atoms with Crippen LogP contribution in [-0.4, -0.2) is 57.2 Å². The van der Waals surface area contributed by atoms with Crippen LogP contribution in [0.15, 0.2) is 12.4 Å². The van der Waals surface area contributed by atoms with Crippen molar-refractivity contribution >= 4 is 23.2 Å². The fourth-order valence-corrected chi connectivity index (χ4v) is 2.76. The molecule has 102 valence electrons. The standard InChI is InChI=1S/C12H17ClN6/c1-3-9-7-18(5-4-17(9)2)11-6-10(13)16-12-14-8-15-19(11)12/h6,8-9H,3-5,7H2,1-2H3. The molecule has 2 aromatic heterocycles. The van der Waals surface area contributed by atoms with Gasteiger partial charge in [0.25, 0.3) is 5.78 Å². The van der Waals surface area contributed by atoms with Gasteiger partial charge in [-0.05, 0) is 13.5 Å². The molecule has 7 heteroatoms. The number of anilines is 1. The second-order valence-corrected chi connectivity index (χ2v) is 5.28. The van der Waals surface area contributed by atoms with E-state index < -0.39 is 0 Å². The molecule has 1 aliphatic heterocycles. The second kappa shape index (κ2) is 4.94. The number of halogens is 1. The van der Waals surface area contributed by atoms with E-state index in [0.717, 1.165) is 31.9 Å². The molecule has 1 aliphatic rings. The molecular weight excluding hydrogens is 264 g/mol. The predicted molar refractivity (Wildman–Crippen MR) is 74.7 cm³/mol. The van der Waals surface area contributed by atoms with Crippen LogP contribution in [0.1, 0.15) is 13.3 Å². The predicted octanol–water partition coefficient (Wildman–Crippen LogP) is 1.31. The molecule has 2 aromatic rings. The van der Waals surface area contributed by atoms with Crippen molar-refractivity contribution in [3.63, 3.8) is 0 Å². The van der Waals surface area contributed by atoms with Crippen LogP contribution in [0, 0.1) is 0 Å². The van der Waals surface area contributed by atoms with Gasteiger partial charge in [0.1, 0.15) is 17.3 Å². The lowest BCUT2D eigenvalue weighted by molar-refractivity contribution is 0.212. The van der Waals surface area contributed by atoms with E-state index >= 15 is 0 Å². The molecule has 0 radical (unpaired) electrons. The van der Waals surface area contributed by atoms with Gasteiger partial charge in [-0.25, -0.2) is 0 Å². The Kier molecular flexibility index (Phi) is 3.28. The van der Waals surface area contributed by atoms with Crippen LogP contribution in [0.2, 0.25) is 5.15 Å². The highest BCUT2D eigenvalue weighted by Gasteiger charge is 2.25. The molecule has 0 spiro atoms. The molecule has 3 heterocycles. The highest BCUT2D eigenvalue weighted by Crippen LogP contribution is 2.22. The number of hydrogen-bond donors (Lipinski definition) is 0. The minimum absolute atomic E-state index is 0.461. The first-order valence-electron chi connectivity index (χ1n) is 6.50. The number of rotatable bonds is 2. The Labute approximate surface area is 117 Å². The maximum atomic E-state index is 6.07. The summed E-state index contributed by atoms with van der Waals surface area (Å²) in [5, 5.41) is 4.69. The van der Waals surface area contributed by atoms with Crippen molar-refractivity contribution in [2.45, 2.75) is 19.4 Å². The Morgan fingerprint density at radius 3 is 3.05 bits per heavy atom. The van der Waals surface area contributed by atoms with E-state index in [1.54, 1.807) is 4.52 Å². The first kappa shape index (κ1) is 12.6. The number of fused-ring (bicyclic) bond motifs is 1. The largest absolute Gasteiger partial charge is 0.354 e. The Morgan fingerprint density at radius 1 is 1.42 bits per heavy atom. The maximum absolute atomic E-state index is 6.07. The fraction of sp³-hybridized carbons (Fsp3) is 0.583. The van der Waals surface area contributed by atoms with E-state index in [2.05, 4.69) is 38.8 Å². The molecular formula is C12H17ClN6. The quantitative estimate of drug-likeness (QED) is 0.777. The van der Waals surface area contributed by atoms with Gasteiger partial charge in [-0.1, -0.05) is 18.5 Å². The van der Waals surface area contributed by atoms with Gasteiger partial charge in [-0.3, -0.25) is 4.90 Å². The first-order valence-corrected chi connectivity index (χ1v) is 6.88. The Hall–Kier alpha value is -1.40. The minimum atomic E-state index is 0.461. The summed E-state index contributed by atoms with van der Waals surface area (Å²) in [7, 11) is 2.18. The molecule has 0 aromatic carbocycles. The molecule has 6 nitrogen and oxygen atoms in total. The van der Waals surface area contributed by atoms with Gasteiger partial charge in [0.15, 0.2) is 0 Å². The molecule has 0 amide bonds. The molecule has 0 aliphatic carbocycles. The number of hydrogen-bond acceptors (Lipinski definition) is 5. The summed E-state index contributed by atoms with van der Waals surface area (Å²) in [6, 6.07) is 2.42. The summed E-state index contributed by atoms with van der Waals surface area (Å²) >= 11 is 6.07. The summed E-state index contributed by atoms with van der Waals surface area (Å²) in [5.74, 6) is 1.52. The molecule has 0 N–H and O–H groups in total. The topological polar surface area (TPSA) is 49.6 Å². The summed E-state index contributed by atoms with van der Waals surface area (Å²) in [5.41, 5.74) is 0. The SMILES string of the molecule is CCC1CN(c2cc(Cl)nc3ncnn23)CCN1C. The van der Waals surface area contributed by atoms with Crippen LogP contribution >= 0.6 is 11.6 Å². The van der Waals surface area contributed by atoms with Crippen LogP contribution in [0.4, 0.5) is 5.82 Å². The van der Waals surface area contributed by atoms with Gasteiger partial charge in [-0.15, -0.1) is 0 Å². The third-order valence-corrected chi connectivity index (χ3v) is 3.97. The van der Waals surface area contributed by atoms with Crippen molar-refractivity contribution in [2.24, 2.45) is 0 Å². The summed E-state index contributed by atoms with van der Waals surface area (Å²) in [4.78, 5) is 13.0. The Morgan fingerprint density at radius 2 is 2.26 bits per heavy atom. The van der Waals surface area contributed by atoms with E-state index in [4.69, 9.17) is 11.6 Å². The van der Waals surface area contributed by atoms with Crippen LogP contribution in [0.3, 0.4) is 0 Å². The number of nitrogens with zero attached hydrogens (tertiary/aromatic N) is 6. The van der Waals surface area contributed by atoms with Crippen molar-refractivity contribution in [1.82, 2.24) is 24.5 Å². The van der Waals surface area contributed by atoms with Gasteiger partial charge in [-0.2, -0.15) is 19.6 Å². The van der Waals surface area contributed by atoms with E-state index in [1.807, 2.05) is 6.07 Å². The lowest BCUT2D eigenvalue weighted by Crippen LogP contribution is -2.51. The zero-order valence-electron chi connectivity index (χ0n) is 11.1. The van der Waals surface area contributed by atoms with Gasteiger partial charge in [0.2, 0.25) is 0 Å². The van der Waals surface area contributed by atoms with Crippen LogP contribution in [0.25, 0.3) is 5.78 Å². The highest BCUT2D eigenvalue weighted by atomic mass is 35.5. The van der Waals surface area contributed by atoms with Crippen molar-refractivity contribution in [1.29, 1.82) is 0 Å². The molecule has 1 atom stereocenters. The van der Waals surface area contributed by atoms with Gasteiger partial charge in [0.05, 0.1) is 0 Å². The van der Waals surface area contributed by atoms with Crippen molar-refractivity contribution < 1.29 is 0 Å². The van der Waals surface area contributed by atoms with E-state index in [9.17, 15) is 0 Å². The lowest BCUT2D eigenvalue weighted by Gasteiger charge is -2.40. The lowest BCUT2D eigenvalue weighted by atomic mass is 10.1. The Balaban J connectivity index is 1.97. The monoisotopic (exact) mass is 280 g/mol. The molecule has 0 saturated carbocycles. The highest BCUT2D eigenvalue weighted by molar-refractivity contribution is 6.29. The average molecular weight is 281 g/mol. The van der Waals surface area contributed by atoms with Crippen LogP contribution < -0.4 is 4.90 Å². The third-order valence-electron chi connectivity index (χ3n) is 3.77. The van der Waals surface area contributed by atoms with E-state index in [-0.39, 0.29) is 0 Å². The fourth-order valence-electron chi connectivity index (χ4n) is 2.59.